The zero-order valence-electron chi connectivity index (χ0n) is 11.8. The van der Waals surface area contributed by atoms with Crippen LogP contribution in [0.1, 0.15) is 40.4 Å². The van der Waals surface area contributed by atoms with Gasteiger partial charge in [0, 0.05) is 40.5 Å². The lowest BCUT2D eigenvalue weighted by molar-refractivity contribution is 0.103. The Morgan fingerprint density at radius 1 is 1.18 bits per heavy atom. The summed E-state index contributed by atoms with van der Waals surface area (Å²) in [5, 5.41) is 7.98. The summed E-state index contributed by atoms with van der Waals surface area (Å²) >= 11 is 5.85. The van der Waals surface area contributed by atoms with E-state index in [1.54, 1.807) is 24.3 Å². The lowest BCUT2D eigenvalue weighted by Crippen LogP contribution is -1.99. The van der Waals surface area contributed by atoms with E-state index in [2.05, 4.69) is 10.2 Å². The van der Waals surface area contributed by atoms with Crippen LogP contribution in [0, 0.1) is 0 Å². The number of nitrogens with zero attached hydrogens (tertiary/aromatic N) is 2. The number of nitrogens with one attached hydrogen (secondary N) is 1. The molecule has 0 saturated heterocycles. The van der Waals surface area contributed by atoms with Gasteiger partial charge >= 0.3 is 0 Å². The third kappa shape index (κ3) is 2.46. The lowest BCUT2D eigenvalue weighted by Gasteiger charge is -1.99. The maximum absolute atomic E-state index is 12.4. The molecule has 1 aliphatic rings. The van der Waals surface area contributed by atoms with Crippen LogP contribution in [0.5, 0.6) is 0 Å². The van der Waals surface area contributed by atoms with E-state index in [-0.39, 0.29) is 5.78 Å². The Labute approximate surface area is 132 Å². The fourth-order valence-corrected chi connectivity index (χ4v) is 2.62. The molecular formula is C17H14ClN3O. The zero-order valence-corrected chi connectivity index (χ0v) is 12.5. The van der Waals surface area contributed by atoms with E-state index in [9.17, 15) is 4.79 Å². The third-order valence-electron chi connectivity index (χ3n) is 3.92. The van der Waals surface area contributed by atoms with Crippen molar-refractivity contribution in [2.24, 2.45) is 0 Å². The van der Waals surface area contributed by atoms with E-state index in [1.165, 1.54) is 12.8 Å². The maximum Gasteiger partial charge on any atom is 0.194 e. The minimum absolute atomic E-state index is 0.0163. The Balaban J connectivity index is 1.59. The van der Waals surface area contributed by atoms with Crippen molar-refractivity contribution in [3.8, 4) is 5.82 Å². The molecule has 1 N–H and O–H groups in total. The maximum atomic E-state index is 12.4. The monoisotopic (exact) mass is 311 g/mol. The molecule has 4 nitrogen and oxygen atoms in total. The standard InChI is InChI=1S/C17H14ClN3O/c18-14-5-3-12(4-6-14)17(22)13-7-8-21(10-13)16-9-15(19-20-16)11-1-2-11/h3-11H,1-2H2,(H,19,20). The van der Waals surface area contributed by atoms with E-state index in [1.807, 2.05) is 29.1 Å². The minimum atomic E-state index is -0.0163. The Morgan fingerprint density at radius 3 is 2.68 bits per heavy atom. The summed E-state index contributed by atoms with van der Waals surface area (Å²) in [5.74, 6) is 1.48. The lowest BCUT2D eigenvalue weighted by atomic mass is 10.1. The number of halogens is 1. The van der Waals surface area contributed by atoms with Crippen molar-refractivity contribution in [3.63, 3.8) is 0 Å². The Hall–Kier alpha value is -2.33. The van der Waals surface area contributed by atoms with Crippen molar-refractivity contribution in [1.29, 1.82) is 0 Å². The molecule has 4 rings (SSSR count). The van der Waals surface area contributed by atoms with Gasteiger partial charge < -0.3 is 4.57 Å². The van der Waals surface area contributed by atoms with Gasteiger partial charge in [0.05, 0.1) is 5.69 Å². The van der Waals surface area contributed by atoms with Gasteiger partial charge in [-0.15, -0.1) is 0 Å². The molecule has 110 valence electrons. The molecule has 22 heavy (non-hydrogen) atoms. The Morgan fingerprint density at radius 2 is 1.95 bits per heavy atom. The van der Waals surface area contributed by atoms with Crippen LogP contribution >= 0.6 is 11.6 Å². The molecule has 2 heterocycles. The number of H-pyrrole nitrogens is 1. The molecule has 0 amide bonds. The summed E-state index contributed by atoms with van der Waals surface area (Å²) in [6, 6.07) is 10.8. The van der Waals surface area contributed by atoms with Crippen LogP contribution < -0.4 is 0 Å². The number of carbonyl (C=O) groups excluding carboxylic acids is 1. The first-order chi connectivity index (χ1) is 10.7. The summed E-state index contributed by atoms with van der Waals surface area (Å²) in [7, 11) is 0. The fourth-order valence-electron chi connectivity index (χ4n) is 2.50. The predicted octanol–water partition coefficient (Wildman–Crippen LogP) is 3.96. The normalized spacial score (nSPS) is 14.2. The summed E-state index contributed by atoms with van der Waals surface area (Å²) in [5.41, 5.74) is 2.38. The third-order valence-corrected chi connectivity index (χ3v) is 4.17. The van der Waals surface area contributed by atoms with E-state index in [4.69, 9.17) is 11.6 Å². The molecule has 3 aromatic rings. The smallest absolute Gasteiger partial charge is 0.194 e. The average Bonchev–Trinajstić information content (AvgIpc) is 3.07. The second-order valence-electron chi connectivity index (χ2n) is 5.60. The van der Waals surface area contributed by atoms with Crippen molar-refractivity contribution in [3.05, 3.63) is 70.6 Å². The van der Waals surface area contributed by atoms with Crippen LogP contribution in [-0.2, 0) is 0 Å². The van der Waals surface area contributed by atoms with Crippen molar-refractivity contribution in [2.75, 3.05) is 0 Å². The minimum Gasteiger partial charge on any atom is -0.308 e. The molecule has 1 aromatic carbocycles. The van der Waals surface area contributed by atoms with Crippen molar-refractivity contribution in [1.82, 2.24) is 14.8 Å². The molecule has 0 aliphatic heterocycles. The van der Waals surface area contributed by atoms with Crippen LogP contribution in [0.2, 0.25) is 5.02 Å². The number of carbonyl (C=O) groups is 1. The summed E-state index contributed by atoms with van der Waals surface area (Å²) in [4.78, 5) is 12.4. The summed E-state index contributed by atoms with van der Waals surface area (Å²) < 4.78 is 1.89. The van der Waals surface area contributed by atoms with Gasteiger partial charge in [0.25, 0.3) is 0 Å². The molecule has 0 bridgehead atoms. The quantitative estimate of drug-likeness (QED) is 0.741. The van der Waals surface area contributed by atoms with Gasteiger partial charge in [-0.2, -0.15) is 5.10 Å². The van der Waals surface area contributed by atoms with E-state index in [0.717, 1.165) is 11.5 Å². The molecule has 1 fully saturated rings. The van der Waals surface area contributed by atoms with E-state index < -0.39 is 0 Å². The number of aromatic amines is 1. The van der Waals surface area contributed by atoms with Gasteiger partial charge in [-0.05, 0) is 43.2 Å². The van der Waals surface area contributed by atoms with Crippen molar-refractivity contribution >= 4 is 17.4 Å². The van der Waals surface area contributed by atoms with Gasteiger partial charge in [-0.1, -0.05) is 11.6 Å². The molecular weight excluding hydrogens is 298 g/mol. The van der Waals surface area contributed by atoms with Gasteiger partial charge in [0.2, 0.25) is 0 Å². The topological polar surface area (TPSA) is 50.7 Å². The number of benzene rings is 1. The van der Waals surface area contributed by atoms with E-state index in [0.29, 0.717) is 22.1 Å². The van der Waals surface area contributed by atoms with Crippen LogP contribution in [0.4, 0.5) is 0 Å². The predicted molar refractivity (Wildman–Crippen MR) is 84.8 cm³/mol. The molecule has 5 heteroatoms. The van der Waals surface area contributed by atoms with Crippen LogP contribution in [0.25, 0.3) is 5.82 Å². The van der Waals surface area contributed by atoms with Crippen LogP contribution in [-0.4, -0.2) is 20.5 Å². The van der Waals surface area contributed by atoms with Gasteiger partial charge in [0.1, 0.15) is 5.82 Å². The Kier molecular flexibility index (Phi) is 3.12. The molecule has 0 atom stereocenters. The largest absolute Gasteiger partial charge is 0.308 e. The number of hydrogen-bond donors (Lipinski definition) is 1. The number of rotatable bonds is 4. The second-order valence-corrected chi connectivity index (χ2v) is 6.03. The van der Waals surface area contributed by atoms with Crippen LogP contribution in [0.15, 0.2) is 48.8 Å². The number of ketones is 1. The molecule has 0 spiro atoms. The molecule has 1 saturated carbocycles. The molecule has 0 unspecified atom stereocenters. The SMILES string of the molecule is O=C(c1ccc(Cl)cc1)c1ccn(-c2cc(C3CC3)n[nH]2)c1. The highest BCUT2D eigenvalue weighted by Crippen LogP contribution is 2.39. The Bertz CT molecular complexity index is 828. The highest BCUT2D eigenvalue weighted by Gasteiger charge is 2.26. The molecule has 2 aromatic heterocycles. The summed E-state index contributed by atoms with van der Waals surface area (Å²) in [6.07, 6.45) is 6.13. The van der Waals surface area contributed by atoms with Gasteiger partial charge in [0.15, 0.2) is 5.78 Å². The van der Waals surface area contributed by atoms with Gasteiger partial charge in [-0.3, -0.25) is 9.89 Å². The van der Waals surface area contributed by atoms with E-state index >= 15 is 0 Å². The fraction of sp³-hybridized carbons (Fsp3) is 0.176. The van der Waals surface area contributed by atoms with Crippen LogP contribution in [0.3, 0.4) is 0 Å². The first-order valence-electron chi connectivity index (χ1n) is 7.24. The number of hydrogen-bond acceptors (Lipinski definition) is 2. The molecule has 1 aliphatic carbocycles. The first kappa shape index (κ1) is 13.3. The van der Waals surface area contributed by atoms with Crippen molar-refractivity contribution < 1.29 is 4.79 Å². The second kappa shape index (κ2) is 5.14. The summed E-state index contributed by atoms with van der Waals surface area (Å²) in [6.45, 7) is 0. The first-order valence-corrected chi connectivity index (χ1v) is 7.62. The van der Waals surface area contributed by atoms with Gasteiger partial charge in [-0.25, -0.2) is 0 Å². The average molecular weight is 312 g/mol. The van der Waals surface area contributed by atoms with Crippen molar-refractivity contribution in [2.45, 2.75) is 18.8 Å². The highest BCUT2D eigenvalue weighted by atomic mass is 35.5. The molecule has 0 radical (unpaired) electrons. The zero-order chi connectivity index (χ0) is 15.1. The highest BCUT2D eigenvalue weighted by molar-refractivity contribution is 6.30. The number of aromatic nitrogens is 3.